The van der Waals surface area contributed by atoms with Crippen molar-refractivity contribution in [1.82, 2.24) is 14.1 Å². The Bertz CT molecular complexity index is 1280. The molecule has 0 bridgehead atoms. The highest BCUT2D eigenvalue weighted by Crippen LogP contribution is 2.24. The Morgan fingerprint density at radius 3 is 2.51 bits per heavy atom. The van der Waals surface area contributed by atoms with Crippen molar-refractivity contribution in [3.05, 3.63) is 76.6 Å². The first-order valence-corrected chi connectivity index (χ1v) is 12.3. The normalized spacial score (nSPS) is 14.0. The summed E-state index contributed by atoms with van der Waals surface area (Å²) >= 11 is 5.87. The maximum absolute atomic E-state index is 13.2. The molecule has 12 heteroatoms. The third-order valence-corrected chi connectivity index (χ3v) is 7.59. The quantitative estimate of drug-likeness (QED) is 0.536. The van der Waals surface area contributed by atoms with Gasteiger partial charge in [0.2, 0.25) is 15.9 Å². The second-order valence-electron chi connectivity index (χ2n) is 7.79. The number of halogens is 2. The van der Waals surface area contributed by atoms with E-state index in [1.54, 1.807) is 31.3 Å². The van der Waals surface area contributed by atoms with Crippen LogP contribution in [0.1, 0.15) is 11.1 Å². The second kappa shape index (κ2) is 11.0. The van der Waals surface area contributed by atoms with E-state index in [0.29, 0.717) is 24.5 Å². The minimum atomic E-state index is -3.96. The van der Waals surface area contributed by atoms with Crippen LogP contribution in [0.15, 0.2) is 64.5 Å². The molecule has 0 fully saturated rings. The predicted octanol–water partition coefficient (Wildman–Crippen LogP) is 3.05. The monoisotopic (exact) mass is 522 g/mol. The van der Waals surface area contributed by atoms with Gasteiger partial charge >= 0.3 is 6.09 Å². The third kappa shape index (κ3) is 6.24. The molecule has 0 unspecified atom stereocenters. The largest absolute Gasteiger partial charge is 0.465 e. The van der Waals surface area contributed by atoms with Crippen molar-refractivity contribution in [2.45, 2.75) is 11.4 Å². The number of sulfonamides is 1. The second-order valence-corrected chi connectivity index (χ2v) is 10.2. The number of aliphatic imine (C=N–C) groups is 1. The summed E-state index contributed by atoms with van der Waals surface area (Å²) in [6, 6.07) is 10.1. The lowest BCUT2D eigenvalue weighted by molar-refractivity contribution is -0.125. The van der Waals surface area contributed by atoms with Crippen LogP contribution in [-0.2, 0) is 21.4 Å². The molecule has 1 aliphatic heterocycles. The molecular weight excluding hydrogens is 499 g/mol. The van der Waals surface area contributed by atoms with Gasteiger partial charge in [0, 0.05) is 38.8 Å². The van der Waals surface area contributed by atoms with E-state index in [1.807, 2.05) is 0 Å². The number of rotatable bonds is 8. The predicted molar refractivity (Wildman–Crippen MR) is 129 cm³/mol. The Morgan fingerprint density at radius 2 is 1.89 bits per heavy atom. The summed E-state index contributed by atoms with van der Waals surface area (Å²) in [7, 11) is -1.03. The van der Waals surface area contributed by atoms with Gasteiger partial charge in [0.25, 0.3) is 0 Å². The summed E-state index contributed by atoms with van der Waals surface area (Å²) in [5.41, 5.74) is 1.50. The number of carbonyl (C=O) groups excluding carboxylic acids is 1. The minimum absolute atomic E-state index is 0.0908. The maximum Gasteiger partial charge on any atom is 0.413 e. The summed E-state index contributed by atoms with van der Waals surface area (Å²) < 4.78 is 39.5. The lowest BCUT2D eigenvalue weighted by Crippen LogP contribution is -2.33. The molecule has 1 heterocycles. The fraction of sp³-hybridized carbons (Fsp3) is 0.261. The first-order chi connectivity index (χ1) is 16.5. The molecule has 2 amide bonds. The molecule has 9 nitrogen and oxygen atoms in total. The topological polar surface area (TPSA) is 111 Å². The number of amidine groups is 1. The number of likely N-dealkylation sites (N-methyl/N-ethyl adjacent to an activating group) is 2. The summed E-state index contributed by atoms with van der Waals surface area (Å²) in [6.07, 6.45) is 1.63. The number of benzene rings is 2. The van der Waals surface area contributed by atoms with Gasteiger partial charge in [-0.05, 0) is 23.8 Å². The summed E-state index contributed by atoms with van der Waals surface area (Å²) in [5.74, 6) is -0.580. The third-order valence-electron chi connectivity index (χ3n) is 5.28. The van der Waals surface area contributed by atoms with E-state index in [-0.39, 0.29) is 28.9 Å². The van der Waals surface area contributed by atoms with Gasteiger partial charge in [-0.1, -0.05) is 41.9 Å². The Labute approximate surface area is 207 Å². The van der Waals surface area contributed by atoms with Crippen LogP contribution in [0.2, 0.25) is 5.02 Å². The molecule has 2 aromatic rings. The van der Waals surface area contributed by atoms with Gasteiger partial charge < -0.3 is 10.0 Å². The number of hydrogen-bond acceptors (Lipinski definition) is 5. The zero-order valence-electron chi connectivity index (χ0n) is 19.1. The number of nitrogens with zero attached hydrogens (tertiary/aromatic N) is 4. The summed E-state index contributed by atoms with van der Waals surface area (Å²) in [5, 5.41) is 9.02. The van der Waals surface area contributed by atoms with Crippen LogP contribution in [-0.4, -0.2) is 79.2 Å². The Balaban J connectivity index is 1.57. The summed E-state index contributed by atoms with van der Waals surface area (Å²) in [4.78, 5) is 30.4. The molecular formula is C23H24ClFN4O5S. The standard InChI is InChI=1S/C23H24ClFN4O5S/c1-27(15-16-5-7-17(8-6-16)22-26-11-13-29(22)23(31)32)21(30)4-3-12-28(2)35(33,34)20-10-9-18(25)14-19(20)24/h3-10,14H,11-13,15H2,1-2H3,(H,31,32)/b4-3+. The van der Waals surface area contributed by atoms with E-state index in [0.717, 1.165) is 28.1 Å². The van der Waals surface area contributed by atoms with E-state index in [4.69, 9.17) is 11.6 Å². The number of amides is 2. The van der Waals surface area contributed by atoms with E-state index < -0.39 is 21.9 Å². The lowest BCUT2D eigenvalue weighted by atomic mass is 10.1. The highest BCUT2D eigenvalue weighted by atomic mass is 35.5. The van der Waals surface area contributed by atoms with Crippen LogP contribution in [0, 0.1) is 5.82 Å². The first-order valence-electron chi connectivity index (χ1n) is 10.5. The van der Waals surface area contributed by atoms with Crippen molar-refractivity contribution in [3.8, 4) is 0 Å². The molecule has 2 aromatic carbocycles. The van der Waals surface area contributed by atoms with Crippen molar-refractivity contribution in [2.24, 2.45) is 4.99 Å². The van der Waals surface area contributed by atoms with Gasteiger partial charge in [-0.2, -0.15) is 4.31 Å². The van der Waals surface area contributed by atoms with E-state index in [1.165, 1.54) is 29.0 Å². The highest BCUT2D eigenvalue weighted by molar-refractivity contribution is 7.89. The molecule has 1 N–H and O–H groups in total. The van der Waals surface area contributed by atoms with Crippen LogP contribution in [0.4, 0.5) is 9.18 Å². The van der Waals surface area contributed by atoms with Crippen LogP contribution in [0.3, 0.4) is 0 Å². The molecule has 186 valence electrons. The molecule has 0 saturated heterocycles. The average Bonchev–Trinajstić information content (AvgIpc) is 3.29. The SMILES string of the molecule is CN(Cc1ccc(C2=NCCN2C(=O)O)cc1)C(=O)/C=C/CN(C)S(=O)(=O)c1ccc(F)cc1Cl. The zero-order chi connectivity index (χ0) is 25.8. The first kappa shape index (κ1) is 26.3. The smallest absolute Gasteiger partial charge is 0.413 e. The van der Waals surface area contributed by atoms with Crippen LogP contribution < -0.4 is 0 Å². The van der Waals surface area contributed by atoms with Crippen molar-refractivity contribution in [3.63, 3.8) is 0 Å². The number of carboxylic acid groups (broad SMARTS) is 1. The molecule has 0 saturated carbocycles. The van der Waals surface area contributed by atoms with Gasteiger partial charge in [-0.25, -0.2) is 17.6 Å². The van der Waals surface area contributed by atoms with E-state index in [2.05, 4.69) is 4.99 Å². The molecule has 0 radical (unpaired) electrons. The molecule has 0 spiro atoms. The lowest BCUT2D eigenvalue weighted by Gasteiger charge is -2.18. The zero-order valence-corrected chi connectivity index (χ0v) is 20.6. The number of carbonyl (C=O) groups is 2. The number of hydrogen-bond donors (Lipinski definition) is 1. The fourth-order valence-electron chi connectivity index (χ4n) is 3.37. The van der Waals surface area contributed by atoms with Crippen LogP contribution in [0.5, 0.6) is 0 Å². The van der Waals surface area contributed by atoms with Crippen molar-refractivity contribution in [1.29, 1.82) is 0 Å². The molecule has 0 atom stereocenters. The van der Waals surface area contributed by atoms with Gasteiger partial charge in [0.05, 0.1) is 18.1 Å². The molecule has 35 heavy (non-hydrogen) atoms. The highest BCUT2D eigenvalue weighted by Gasteiger charge is 2.24. The van der Waals surface area contributed by atoms with Gasteiger partial charge in [0.1, 0.15) is 16.5 Å². The Morgan fingerprint density at radius 1 is 1.20 bits per heavy atom. The van der Waals surface area contributed by atoms with Gasteiger partial charge in [-0.3, -0.25) is 14.7 Å². The minimum Gasteiger partial charge on any atom is -0.465 e. The Hall–Kier alpha value is -3.28. The van der Waals surface area contributed by atoms with E-state index >= 15 is 0 Å². The molecule has 1 aliphatic rings. The van der Waals surface area contributed by atoms with Crippen LogP contribution in [0.25, 0.3) is 0 Å². The maximum atomic E-state index is 13.2. The van der Waals surface area contributed by atoms with Crippen LogP contribution >= 0.6 is 11.6 Å². The summed E-state index contributed by atoms with van der Waals surface area (Å²) in [6.45, 7) is 0.939. The Kier molecular flexibility index (Phi) is 8.26. The molecule has 3 rings (SSSR count). The van der Waals surface area contributed by atoms with Gasteiger partial charge in [-0.15, -0.1) is 0 Å². The van der Waals surface area contributed by atoms with E-state index in [9.17, 15) is 27.5 Å². The van der Waals surface area contributed by atoms with Gasteiger partial charge in [0.15, 0.2) is 0 Å². The fourth-order valence-corrected chi connectivity index (χ4v) is 4.99. The van der Waals surface area contributed by atoms with Crippen molar-refractivity contribution >= 4 is 39.5 Å². The molecule has 0 aliphatic carbocycles. The van der Waals surface area contributed by atoms with Crippen molar-refractivity contribution < 1.29 is 27.5 Å². The molecule has 0 aromatic heterocycles. The van der Waals surface area contributed by atoms with Crippen molar-refractivity contribution in [2.75, 3.05) is 33.7 Å². The average molecular weight is 523 g/mol.